The van der Waals surface area contributed by atoms with Crippen LogP contribution in [-0.4, -0.2) is 5.21 Å². The first-order valence-corrected chi connectivity index (χ1v) is 4.86. The molecule has 1 heterocycles. The van der Waals surface area contributed by atoms with Crippen molar-refractivity contribution in [3.63, 3.8) is 0 Å². The van der Waals surface area contributed by atoms with Crippen LogP contribution in [0.1, 0.15) is 5.76 Å². The van der Waals surface area contributed by atoms with Crippen LogP contribution in [0.4, 0.5) is 15.8 Å². The molecule has 88 valence electrons. The molecule has 2 rings (SSSR count). The van der Waals surface area contributed by atoms with Gasteiger partial charge in [-0.05, 0) is 30.3 Å². The molecule has 0 unspecified atom stereocenters. The molecule has 17 heavy (non-hydrogen) atoms. The van der Waals surface area contributed by atoms with Crippen molar-refractivity contribution in [1.82, 2.24) is 0 Å². The van der Waals surface area contributed by atoms with Gasteiger partial charge in [0.1, 0.15) is 11.5 Å². The molecule has 4 nitrogen and oxygen atoms in total. The van der Waals surface area contributed by atoms with Crippen molar-refractivity contribution in [2.24, 2.45) is 0 Å². The zero-order chi connectivity index (χ0) is 12.4. The fourth-order valence-corrected chi connectivity index (χ4v) is 1.41. The summed E-state index contributed by atoms with van der Waals surface area (Å²) < 4.78 is 17.9. The van der Waals surface area contributed by atoms with Crippen molar-refractivity contribution in [3.8, 4) is 0 Å². The van der Waals surface area contributed by atoms with Crippen molar-refractivity contribution in [2.75, 3.05) is 10.8 Å². The summed E-state index contributed by atoms with van der Waals surface area (Å²) >= 11 is 0. The Morgan fingerprint density at radius 3 is 2.76 bits per heavy atom. The Labute approximate surface area is 97.3 Å². The fourth-order valence-electron chi connectivity index (χ4n) is 1.41. The van der Waals surface area contributed by atoms with Crippen LogP contribution < -0.4 is 10.8 Å². The van der Waals surface area contributed by atoms with Gasteiger partial charge in [-0.3, -0.25) is 5.21 Å². The molecule has 0 radical (unpaired) electrons. The summed E-state index contributed by atoms with van der Waals surface area (Å²) in [5.74, 6) is -0.0699. The van der Waals surface area contributed by atoms with Gasteiger partial charge in [0.15, 0.2) is 5.76 Å². The van der Waals surface area contributed by atoms with Gasteiger partial charge in [-0.1, -0.05) is 6.58 Å². The molecule has 3 N–H and O–H groups in total. The summed E-state index contributed by atoms with van der Waals surface area (Å²) in [5.41, 5.74) is 6.17. The van der Waals surface area contributed by atoms with Crippen LogP contribution in [0.2, 0.25) is 0 Å². The van der Waals surface area contributed by atoms with Gasteiger partial charge in [-0.2, -0.15) is 0 Å². The SMILES string of the molecule is C=C(c1ccco1)N(O)c1ccc(F)cc1N. The van der Waals surface area contributed by atoms with E-state index in [1.54, 1.807) is 12.1 Å². The topological polar surface area (TPSA) is 62.6 Å². The molecule has 5 heteroatoms. The summed E-state index contributed by atoms with van der Waals surface area (Å²) in [6.07, 6.45) is 1.46. The lowest BCUT2D eigenvalue weighted by Crippen LogP contribution is -2.16. The Hall–Kier alpha value is -2.27. The first-order chi connectivity index (χ1) is 8.09. The number of nitrogens with zero attached hydrogens (tertiary/aromatic N) is 1. The molecule has 0 bridgehead atoms. The molecule has 1 aromatic carbocycles. The zero-order valence-electron chi connectivity index (χ0n) is 8.93. The molecule has 0 aliphatic rings. The van der Waals surface area contributed by atoms with Gasteiger partial charge >= 0.3 is 0 Å². The second-order valence-electron chi connectivity index (χ2n) is 3.44. The number of nitrogen functional groups attached to an aromatic ring is 1. The van der Waals surface area contributed by atoms with E-state index in [9.17, 15) is 9.60 Å². The first kappa shape index (κ1) is 11.2. The van der Waals surface area contributed by atoms with E-state index in [2.05, 4.69) is 6.58 Å². The number of nitrogens with two attached hydrogens (primary N) is 1. The van der Waals surface area contributed by atoms with Crippen LogP contribution in [0.15, 0.2) is 47.6 Å². The highest BCUT2D eigenvalue weighted by Gasteiger charge is 2.14. The molecule has 1 aromatic heterocycles. The third-order valence-corrected chi connectivity index (χ3v) is 2.28. The summed E-state index contributed by atoms with van der Waals surface area (Å²) in [6, 6.07) is 6.99. The number of hydroxylamine groups is 1. The highest BCUT2D eigenvalue weighted by molar-refractivity contribution is 5.79. The number of anilines is 2. The number of rotatable bonds is 3. The van der Waals surface area contributed by atoms with Crippen LogP contribution in [-0.2, 0) is 0 Å². The third kappa shape index (κ3) is 2.14. The van der Waals surface area contributed by atoms with Crippen molar-refractivity contribution < 1.29 is 14.0 Å². The van der Waals surface area contributed by atoms with E-state index in [4.69, 9.17) is 10.2 Å². The van der Waals surface area contributed by atoms with Crippen LogP contribution >= 0.6 is 0 Å². The lowest BCUT2D eigenvalue weighted by molar-refractivity contribution is 0.301. The Morgan fingerprint density at radius 1 is 1.41 bits per heavy atom. The van der Waals surface area contributed by atoms with Crippen molar-refractivity contribution in [3.05, 3.63) is 54.8 Å². The average Bonchev–Trinajstić information content (AvgIpc) is 2.80. The standard InChI is InChI=1S/C12H11FN2O2/c1-8(12-3-2-6-17-12)15(16)11-5-4-9(13)7-10(11)14/h2-7,16H,1,14H2. The largest absolute Gasteiger partial charge is 0.463 e. The summed E-state index contributed by atoms with van der Waals surface area (Å²) in [6.45, 7) is 3.67. The van der Waals surface area contributed by atoms with Crippen LogP contribution in [0.3, 0.4) is 0 Å². The van der Waals surface area contributed by atoms with Gasteiger partial charge in [-0.15, -0.1) is 0 Å². The maximum atomic E-state index is 12.9. The quantitative estimate of drug-likeness (QED) is 0.633. The number of furan rings is 1. The minimum atomic E-state index is -0.469. The predicted molar refractivity (Wildman–Crippen MR) is 62.8 cm³/mol. The molecule has 0 saturated heterocycles. The monoisotopic (exact) mass is 234 g/mol. The summed E-state index contributed by atoms with van der Waals surface area (Å²) in [5, 5.41) is 10.7. The second kappa shape index (κ2) is 4.31. The molecule has 0 spiro atoms. The number of hydrogen-bond acceptors (Lipinski definition) is 4. The van der Waals surface area contributed by atoms with E-state index in [0.29, 0.717) is 5.76 Å². The predicted octanol–water partition coefficient (Wildman–Crippen LogP) is 2.87. The van der Waals surface area contributed by atoms with E-state index in [1.165, 1.54) is 18.4 Å². The Bertz CT molecular complexity index is 537. The Balaban J connectivity index is 2.31. The minimum Gasteiger partial charge on any atom is -0.463 e. The van der Waals surface area contributed by atoms with Crippen LogP contribution in [0.25, 0.3) is 5.70 Å². The molecule has 0 amide bonds. The molecule has 0 atom stereocenters. The van der Waals surface area contributed by atoms with Crippen molar-refractivity contribution in [1.29, 1.82) is 0 Å². The normalized spacial score (nSPS) is 10.2. The highest BCUT2D eigenvalue weighted by atomic mass is 19.1. The van der Waals surface area contributed by atoms with Gasteiger partial charge < -0.3 is 10.2 Å². The van der Waals surface area contributed by atoms with Gasteiger partial charge in [0.05, 0.1) is 17.6 Å². The first-order valence-electron chi connectivity index (χ1n) is 4.86. The van der Waals surface area contributed by atoms with E-state index in [0.717, 1.165) is 11.1 Å². The van der Waals surface area contributed by atoms with Crippen LogP contribution in [0.5, 0.6) is 0 Å². The lowest BCUT2D eigenvalue weighted by atomic mass is 10.2. The molecule has 0 saturated carbocycles. The molecule has 0 aliphatic carbocycles. The molecular formula is C12H11FN2O2. The molecule has 0 fully saturated rings. The fraction of sp³-hybridized carbons (Fsp3) is 0. The third-order valence-electron chi connectivity index (χ3n) is 2.28. The van der Waals surface area contributed by atoms with Crippen molar-refractivity contribution >= 4 is 17.1 Å². The summed E-state index contributed by atoms with van der Waals surface area (Å²) in [7, 11) is 0. The number of benzene rings is 1. The van der Waals surface area contributed by atoms with E-state index < -0.39 is 5.82 Å². The molecular weight excluding hydrogens is 223 g/mol. The van der Waals surface area contributed by atoms with Gasteiger partial charge in [0.25, 0.3) is 0 Å². The van der Waals surface area contributed by atoms with E-state index in [1.807, 2.05) is 0 Å². The maximum absolute atomic E-state index is 12.9. The number of halogens is 1. The Kier molecular flexibility index (Phi) is 2.84. The smallest absolute Gasteiger partial charge is 0.152 e. The van der Waals surface area contributed by atoms with Crippen LogP contribution in [0, 0.1) is 5.82 Å². The second-order valence-corrected chi connectivity index (χ2v) is 3.44. The summed E-state index contributed by atoms with van der Waals surface area (Å²) in [4.78, 5) is 0. The van der Waals surface area contributed by atoms with Gasteiger partial charge in [-0.25, -0.2) is 9.45 Å². The lowest BCUT2D eigenvalue weighted by Gasteiger charge is -2.19. The van der Waals surface area contributed by atoms with Gasteiger partial charge in [0, 0.05) is 0 Å². The minimum absolute atomic E-state index is 0.111. The van der Waals surface area contributed by atoms with Gasteiger partial charge in [0.2, 0.25) is 0 Å². The Morgan fingerprint density at radius 2 is 2.18 bits per heavy atom. The maximum Gasteiger partial charge on any atom is 0.152 e. The zero-order valence-corrected chi connectivity index (χ0v) is 8.93. The average molecular weight is 234 g/mol. The molecule has 2 aromatic rings. The van der Waals surface area contributed by atoms with Crippen molar-refractivity contribution in [2.45, 2.75) is 0 Å². The molecule has 0 aliphatic heterocycles. The van der Waals surface area contributed by atoms with E-state index in [-0.39, 0.29) is 17.1 Å². The van der Waals surface area contributed by atoms with E-state index >= 15 is 0 Å². The number of hydrogen-bond donors (Lipinski definition) is 2. The highest BCUT2D eigenvalue weighted by Crippen LogP contribution is 2.28.